The van der Waals surface area contributed by atoms with E-state index in [0.29, 0.717) is 66.8 Å². The van der Waals surface area contributed by atoms with E-state index >= 15 is 4.39 Å². The molecule has 4 aromatic rings. The van der Waals surface area contributed by atoms with Gasteiger partial charge in [-0.25, -0.2) is 23.9 Å². The van der Waals surface area contributed by atoms with Gasteiger partial charge >= 0.3 is 12.2 Å². The van der Waals surface area contributed by atoms with Crippen molar-refractivity contribution in [2.24, 2.45) is 5.92 Å². The number of fused-ring (bicyclic) bond motifs is 2. The second kappa shape index (κ2) is 17.5. The van der Waals surface area contributed by atoms with Crippen LogP contribution in [0.5, 0.6) is 11.5 Å². The summed E-state index contributed by atoms with van der Waals surface area (Å²) in [5.74, 6) is 1.29. The third kappa shape index (κ3) is 8.33. The molecule has 4 N–H and O–H groups in total. The summed E-state index contributed by atoms with van der Waals surface area (Å²) in [6.45, 7) is 6.61. The number of hydrogen-bond donors (Lipinski definition) is 4. The van der Waals surface area contributed by atoms with Crippen LogP contribution in [-0.4, -0.2) is 106 Å². The minimum absolute atomic E-state index is 0.0907. The molecule has 2 aromatic carbocycles. The van der Waals surface area contributed by atoms with Gasteiger partial charge in [0.1, 0.15) is 41.0 Å². The van der Waals surface area contributed by atoms with E-state index in [1.54, 1.807) is 35.2 Å². The van der Waals surface area contributed by atoms with Gasteiger partial charge < -0.3 is 49.3 Å². The molecule has 7 rings (SSSR count). The molecule has 0 bridgehead atoms. The summed E-state index contributed by atoms with van der Waals surface area (Å²) >= 11 is 0. The fourth-order valence-electron chi connectivity index (χ4n) is 8.20. The molecule has 3 aliphatic rings. The average molecular weight is 815 g/mol. The summed E-state index contributed by atoms with van der Waals surface area (Å²) in [6.07, 6.45) is 5.32. The van der Waals surface area contributed by atoms with E-state index in [0.717, 1.165) is 36.1 Å². The Morgan fingerprint density at radius 1 is 0.831 bits per heavy atom. The topological polar surface area (TPSA) is 193 Å². The van der Waals surface area contributed by atoms with Crippen LogP contribution >= 0.6 is 0 Å². The molecule has 0 saturated carbocycles. The van der Waals surface area contributed by atoms with Crippen molar-refractivity contribution in [1.29, 1.82) is 0 Å². The van der Waals surface area contributed by atoms with E-state index in [1.807, 2.05) is 32.0 Å². The van der Waals surface area contributed by atoms with Crippen molar-refractivity contribution >= 4 is 24.0 Å². The van der Waals surface area contributed by atoms with Crippen LogP contribution in [0.4, 0.5) is 14.0 Å². The van der Waals surface area contributed by atoms with Crippen LogP contribution in [-0.2, 0) is 30.2 Å². The van der Waals surface area contributed by atoms with Crippen molar-refractivity contribution in [2.75, 3.05) is 34.4 Å². The Balaban J connectivity index is 1.06. The first-order chi connectivity index (χ1) is 28.4. The summed E-state index contributed by atoms with van der Waals surface area (Å²) in [6, 6.07) is 6.56. The molecule has 314 valence electrons. The van der Waals surface area contributed by atoms with E-state index in [1.165, 1.54) is 27.4 Å². The Morgan fingerprint density at radius 2 is 1.41 bits per heavy atom. The van der Waals surface area contributed by atoms with E-state index in [4.69, 9.17) is 18.9 Å². The van der Waals surface area contributed by atoms with Gasteiger partial charge in [-0.3, -0.25) is 9.59 Å². The lowest BCUT2D eigenvalue weighted by atomic mass is 9.96. The summed E-state index contributed by atoms with van der Waals surface area (Å²) in [5, 5.41) is 5.31. The number of halogens is 1. The lowest BCUT2D eigenvalue weighted by molar-refractivity contribution is -0.137. The quantitative estimate of drug-likeness (QED) is 0.113. The first-order valence-electron chi connectivity index (χ1n) is 20.0. The molecule has 2 fully saturated rings. The van der Waals surface area contributed by atoms with Crippen LogP contribution in [0.25, 0.3) is 22.5 Å². The largest absolute Gasteiger partial charge is 0.457 e. The molecule has 0 radical (unpaired) electrons. The highest BCUT2D eigenvalue weighted by Gasteiger charge is 2.40. The Kier molecular flexibility index (Phi) is 12.2. The first-order valence-corrected chi connectivity index (χ1v) is 20.0. The molecule has 59 heavy (non-hydrogen) atoms. The van der Waals surface area contributed by atoms with Crippen LogP contribution in [0.1, 0.15) is 87.7 Å². The van der Waals surface area contributed by atoms with Crippen molar-refractivity contribution in [3.05, 3.63) is 71.3 Å². The van der Waals surface area contributed by atoms with Crippen LogP contribution in [0.15, 0.2) is 42.7 Å². The molecule has 1 unspecified atom stereocenters. The molecule has 2 aromatic heterocycles. The minimum Gasteiger partial charge on any atom is -0.457 e. The standard InChI is InChI=1S/C42H51FN8O8/c1-7-22(2)35(48-41(54)57-5)39(52)50-14-8-10-31(50)37-44-20-29(46-37)24-12-13-33-25(16-24)17-26-18-28(43)27(19-34(26)59-33)30-21-45-38(47-30)32-11-9-15-51(32)40(53)36(23(3)56-4)49-42(55)58-6/h12-13,16,18-23,31-32,35-36H,7-11,14-15,17H2,1-6H3,(H,44,46)(H,45,47)(H,48,54)(H,49,55)/t22-,23+,31?,32-,35-,36-/m0/s1. The lowest BCUT2D eigenvalue weighted by Gasteiger charge is -2.30. The van der Waals surface area contributed by atoms with Crippen LogP contribution in [0, 0.1) is 11.7 Å². The summed E-state index contributed by atoms with van der Waals surface area (Å²) < 4.78 is 37.1. The van der Waals surface area contributed by atoms with Crippen LogP contribution in [0.3, 0.4) is 0 Å². The number of carbonyl (C=O) groups is 4. The van der Waals surface area contributed by atoms with Gasteiger partial charge in [-0.15, -0.1) is 0 Å². The Labute approximate surface area is 341 Å². The summed E-state index contributed by atoms with van der Waals surface area (Å²) in [7, 11) is 3.97. The fraction of sp³-hybridized carbons (Fsp3) is 0.476. The number of benzene rings is 2. The summed E-state index contributed by atoms with van der Waals surface area (Å²) in [4.78, 5) is 70.9. The van der Waals surface area contributed by atoms with Gasteiger partial charge in [0.25, 0.3) is 0 Å². The van der Waals surface area contributed by atoms with Gasteiger partial charge in [0.2, 0.25) is 11.8 Å². The van der Waals surface area contributed by atoms with Crippen molar-refractivity contribution in [1.82, 2.24) is 40.4 Å². The van der Waals surface area contributed by atoms with Gasteiger partial charge in [0.05, 0.1) is 56.2 Å². The molecule has 4 amide bonds. The van der Waals surface area contributed by atoms with E-state index in [9.17, 15) is 19.2 Å². The summed E-state index contributed by atoms with van der Waals surface area (Å²) in [5.41, 5.74) is 3.90. The zero-order chi connectivity index (χ0) is 42.0. The third-order valence-corrected chi connectivity index (χ3v) is 11.8. The monoisotopic (exact) mass is 814 g/mol. The number of aromatic amines is 2. The molecule has 16 nitrogen and oxygen atoms in total. The van der Waals surface area contributed by atoms with Gasteiger partial charge in [0, 0.05) is 43.3 Å². The number of aromatic nitrogens is 4. The average Bonchev–Trinajstić information content (AvgIpc) is 4.09. The number of hydrogen-bond acceptors (Lipinski definition) is 10. The van der Waals surface area contributed by atoms with Gasteiger partial charge in [-0.2, -0.15) is 0 Å². The number of amides is 4. The highest BCUT2D eigenvalue weighted by molar-refractivity contribution is 5.87. The predicted octanol–water partition coefficient (Wildman–Crippen LogP) is 6.16. The zero-order valence-corrected chi connectivity index (χ0v) is 34.1. The van der Waals surface area contributed by atoms with E-state index in [2.05, 4.69) is 30.6 Å². The lowest BCUT2D eigenvalue weighted by Crippen LogP contribution is -2.54. The van der Waals surface area contributed by atoms with Crippen LogP contribution in [0.2, 0.25) is 0 Å². The number of imidazole rings is 2. The highest BCUT2D eigenvalue weighted by atomic mass is 19.1. The van der Waals surface area contributed by atoms with Crippen molar-refractivity contribution in [2.45, 2.75) is 89.6 Å². The molecule has 17 heteroatoms. The fourth-order valence-corrected chi connectivity index (χ4v) is 8.20. The first kappa shape index (κ1) is 41.2. The number of H-pyrrole nitrogens is 2. The maximum Gasteiger partial charge on any atom is 0.407 e. The number of alkyl carbamates (subject to hydrolysis) is 2. The van der Waals surface area contributed by atoms with Crippen LogP contribution < -0.4 is 15.4 Å². The second-order valence-corrected chi connectivity index (χ2v) is 15.3. The molecule has 5 heterocycles. The molecule has 2 saturated heterocycles. The number of likely N-dealkylation sites (tertiary alicyclic amines) is 2. The Bertz CT molecular complexity index is 2210. The normalized spacial score (nSPS) is 19.2. The third-order valence-electron chi connectivity index (χ3n) is 11.8. The maximum absolute atomic E-state index is 15.9. The highest BCUT2D eigenvalue weighted by Crippen LogP contribution is 2.42. The van der Waals surface area contributed by atoms with Gasteiger partial charge in [-0.05, 0) is 74.4 Å². The molecular weight excluding hydrogens is 764 g/mol. The SMILES string of the molecule is CC[C@H](C)[C@H](NC(=O)OC)C(=O)N1CCCC1c1ncc(-c2ccc3c(c2)Cc2cc(F)c(-c4cnc([C@@H]5CCCN5C(=O)[C@@H](NC(=O)OC)[C@@H](C)OC)[nH]4)cc2O3)[nH]1. The van der Waals surface area contributed by atoms with Gasteiger partial charge in [0.15, 0.2) is 0 Å². The molecule has 0 aliphatic carbocycles. The number of nitrogens with zero attached hydrogens (tertiary/aromatic N) is 4. The van der Waals surface area contributed by atoms with E-state index in [-0.39, 0.29) is 29.3 Å². The Hall–Kier alpha value is -5.97. The minimum atomic E-state index is -0.972. The Morgan fingerprint density at radius 3 is 2.02 bits per heavy atom. The number of methoxy groups -OCH3 is 3. The number of carbonyl (C=O) groups excluding carboxylic acids is 4. The predicted molar refractivity (Wildman–Crippen MR) is 213 cm³/mol. The van der Waals surface area contributed by atoms with Crippen molar-refractivity contribution < 1.29 is 42.5 Å². The number of nitrogens with one attached hydrogen (secondary N) is 4. The molecule has 0 spiro atoms. The van der Waals surface area contributed by atoms with Gasteiger partial charge in [-0.1, -0.05) is 20.3 Å². The second-order valence-electron chi connectivity index (χ2n) is 15.3. The molecular formula is C42H51FN8O8. The molecule has 6 atom stereocenters. The van der Waals surface area contributed by atoms with Crippen molar-refractivity contribution in [3.8, 4) is 34.0 Å². The van der Waals surface area contributed by atoms with Crippen molar-refractivity contribution in [3.63, 3.8) is 0 Å². The molecule has 3 aliphatic heterocycles. The zero-order valence-electron chi connectivity index (χ0n) is 34.1. The van der Waals surface area contributed by atoms with E-state index < -0.39 is 42.2 Å². The smallest absolute Gasteiger partial charge is 0.407 e. The number of ether oxygens (including phenoxy) is 4. The number of rotatable bonds is 12. The maximum atomic E-state index is 15.9.